The molecular formula is C76H99N13O21S. The minimum absolute atomic E-state index is 0.0261. The van der Waals surface area contributed by atoms with Gasteiger partial charge in [-0.1, -0.05) is 75.6 Å². The maximum absolute atomic E-state index is 14.1. The highest BCUT2D eigenvalue weighted by Crippen LogP contribution is 2.16. The lowest BCUT2D eigenvalue weighted by molar-refractivity contribution is -0.139. The third kappa shape index (κ3) is 35.1. The number of benzene rings is 4. The predicted molar refractivity (Wildman–Crippen MR) is 406 cm³/mol. The lowest BCUT2D eigenvalue weighted by Crippen LogP contribution is -2.60. The second-order valence-electron chi connectivity index (χ2n) is 26.4. The molecule has 4 aromatic rings. The molecule has 4 aromatic carbocycles. The highest BCUT2D eigenvalue weighted by atomic mass is 32.1. The van der Waals surface area contributed by atoms with Gasteiger partial charge in [-0.15, -0.1) is 0 Å². The molecule has 0 spiro atoms. The molecule has 0 radical (unpaired) electrons. The van der Waals surface area contributed by atoms with E-state index in [1.165, 1.54) is 106 Å². The van der Waals surface area contributed by atoms with E-state index in [0.717, 1.165) is 0 Å². The van der Waals surface area contributed by atoms with Crippen LogP contribution in [0.15, 0.2) is 97.1 Å². The second-order valence-corrected chi connectivity index (χ2v) is 26.8. The Morgan fingerprint density at radius 3 is 1.42 bits per heavy atom. The third-order valence-electron chi connectivity index (χ3n) is 16.1. The van der Waals surface area contributed by atoms with Gasteiger partial charge in [-0.25, -0.2) is 0 Å². The number of carboxylic acids is 1. The molecule has 0 bridgehead atoms. The van der Waals surface area contributed by atoms with E-state index in [-0.39, 0.29) is 111 Å². The van der Waals surface area contributed by atoms with Crippen LogP contribution in [0.4, 0.5) is 0 Å². The van der Waals surface area contributed by atoms with Gasteiger partial charge in [0.1, 0.15) is 66.4 Å². The zero-order chi connectivity index (χ0) is 82.3. The molecule has 0 unspecified atom stereocenters. The summed E-state index contributed by atoms with van der Waals surface area (Å²) >= 11 is 4.06. The van der Waals surface area contributed by atoms with Crippen molar-refractivity contribution in [3.63, 3.8) is 0 Å². The van der Waals surface area contributed by atoms with E-state index in [1.807, 2.05) is 13.8 Å². The van der Waals surface area contributed by atoms with Crippen LogP contribution in [0.25, 0.3) is 0 Å². The molecule has 0 aliphatic rings. The quantitative estimate of drug-likeness (QED) is 0.0126. The molecule has 10 atom stereocenters. The smallest absolute Gasteiger partial charge is 0.303 e. The van der Waals surface area contributed by atoms with Crippen LogP contribution in [-0.4, -0.2) is 227 Å². The van der Waals surface area contributed by atoms with Crippen LogP contribution in [0.3, 0.4) is 0 Å². The molecule has 13 amide bonds. The van der Waals surface area contributed by atoms with E-state index in [0.29, 0.717) is 22.3 Å². The van der Waals surface area contributed by atoms with Crippen molar-refractivity contribution in [3.05, 3.63) is 130 Å². The van der Waals surface area contributed by atoms with Crippen LogP contribution in [-0.2, 0) is 79.8 Å². The first-order valence-corrected chi connectivity index (χ1v) is 36.1. The van der Waals surface area contributed by atoms with Crippen molar-refractivity contribution in [2.75, 3.05) is 58.4 Å². The molecule has 0 saturated heterocycles. The molecule has 0 heterocycles. The van der Waals surface area contributed by atoms with E-state index < -0.39 is 163 Å². The van der Waals surface area contributed by atoms with E-state index in [9.17, 15) is 92.7 Å². The number of aromatic hydroxyl groups is 2. The number of thiol groups is 1. The number of primary amides is 1. The third-order valence-corrected chi connectivity index (χ3v) is 16.4. The normalized spacial score (nSPS) is 13.5. The fourth-order valence-electron chi connectivity index (χ4n) is 10.3. The Morgan fingerprint density at radius 2 is 0.919 bits per heavy atom. The zero-order valence-electron chi connectivity index (χ0n) is 62.6. The largest absolute Gasteiger partial charge is 0.508 e. The van der Waals surface area contributed by atoms with Gasteiger partial charge in [0.2, 0.25) is 65.0 Å². The molecule has 34 nitrogen and oxygen atoms in total. The van der Waals surface area contributed by atoms with Crippen LogP contribution in [0, 0.1) is 35.5 Å². The monoisotopic (exact) mass is 1560 g/mol. The maximum atomic E-state index is 14.1. The minimum Gasteiger partial charge on any atom is -0.508 e. The van der Waals surface area contributed by atoms with Crippen LogP contribution in [0.1, 0.15) is 117 Å². The molecule has 0 saturated carbocycles. The van der Waals surface area contributed by atoms with E-state index in [2.05, 4.69) is 100 Å². The summed E-state index contributed by atoms with van der Waals surface area (Å²) in [5, 5.41) is 80.6. The average molecular weight is 1560 g/mol. The van der Waals surface area contributed by atoms with Gasteiger partial charge >= 0.3 is 5.97 Å². The number of ether oxygens (including phenoxy) is 2. The summed E-state index contributed by atoms with van der Waals surface area (Å²) in [7, 11) is 0. The molecule has 111 heavy (non-hydrogen) atoms. The Labute approximate surface area is 647 Å². The number of nitrogens with two attached hydrogens (primary N) is 1. The van der Waals surface area contributed by atoms with Gasteiger partial charge in [0.05, 0.1) is 51.7 Å². The summed E-state index contributed by atoms with van der Waals surface area (Å²) in [6.45, 7) is 9.60. The van der Waals surface area contributed by atoms with Gasteiger partial charge in [-0.2, -0.15) is 12.6 Å². The van der Waals surface area contributed by atoms with Crippen molar-refractivity contribution in [2.45, 2.75) is 148 Å². The SMILES string of the molecule is CC(=O)N[C@@H](CS)C(=O)NCCOCCOCC(=O)N[C@@H](Cc1ccc(O)cc1)C(=O)N[C@H](C(=O)NCC(=O)N[C@@H](CC(C)C)C(=O)NCC#Cc1ccc(C(=O)NCC#Cc2ccc(C(=O)N[C@@H](Cc3ccc(O)cc3)C(=O)N[C@@H](CCC(=O)O)C(=O)N[C@H](C(=O)N[C@@H](CC(C)C)C(N)=O)[C@@H](C)O)cc2)cc1)[C@@H](C)O. The molecule has 0 aliphatic carbocycles. The van der Waals surface area contributed by atoms with Crippen molar-refractivity contribution in [2.24, 2.45) is 17.6 Å². The molecule has 0 fully saturated rings. The van der Waals surface area contributed by atoms with Crippen molar-refractivity contribution in [1.29, 1.82) is 0 Å². The Bertz CT molecular complexity index is 3970. The first-order chi connectivity index (χ1) is 52.6. The van der Waals surface area contributed by atoms with Gasteiger partial charge in [-0.05, 0) is 129 Å². The number of aliphatic hydroxyl groups is 2. The average Bonchev–Trinajstić information content (AvgIpc) is 0.851. The fraction of sp³-hybridized carbons (Fsp3) is 0.447. The van der Waals surface area contributed by atoms with Gasteiger partial charge < -0.3 is 105 Å². The molecule has 0 aromatic heterocycles. The molecular weight excluding hydrogens is 1460 g/mol. The van der Waals surface area contributed by atoms with Gasteiger partial charge in [-0.3, -0.25) is 67.1 Å². The Kier molecular flexibility index (Phi) is 39.7. The van der Waals surface area contributed by atoms with Crippen LogP contribution in [0.2, 0.25) is 0 Å². The number of amides is 13. The standard InChI is InChI=1S/C76H99N13O21S/c1-43(2)36-57(67(77)99)86-76(108)66(46(6)91)89-72(104)56(28-29-64(97)98)85-73(105)60(39-51-18-26-55(94)27-19-51)87-69(101)53-22-14-49(15-23-53)10-8-30-78-68(100)52-20-12-48(13-21-52)11-9-31-79-70(102)58(37-44(3)4)83-62(95)40-81-75(107)65(45(5)90)88-74(106)59(38-50-16-24-54(93)25-17-50)84-63(96)41-110-35-34-109-33-32-80-71(103)61(42-111)82-47(7)92/h12-27,43-46,56-61,65-66,90-91,93-94,111H,28-42H2,1-7H3,(H2,77,99)(H,78,100)(H,79,102)(H,80,103)(H,81,107)(H,82,92)(H,83,95)(H,84,96)(H,85,105)(H,86,108)(H,87,101)(H,88,106)(H,89,104)(H,97,98)/t45-,46-,56+,57+,58+,59+,60+,61+,65+,66+/m1/s1. The summed E-state index contributed by atoms with van der Waals surface area (Å²) in [5.74, 6) is -0.0459. The Hall–Kier alpha value is -11.6. The number of aliphatic carboxylic acids is 1. The molecule has 600 valence electrons. The highest BCUT2D eigenvalue weighted by Gasteiger charge is 2.35. The number of phenols is 2. The Morgan fingerprint density at radius 1 is 0.459 bits per heavy atom. The number of phenolic OH excluding ortho intramolecular Hbond substituents is 2. The van der Waals surface area contributed by atoms with Crippen LogP contribution >= 0.6 is 12.6 Å². The molecule has 19 N–H and O–H groups in total. The minimum atomic E-state index is -1.68. The zero-order valence-corrected chi connectivity index (χ0v) is 63.5. The summed E-state index contributed by atoms with van der Waals surface area (Å²) in [4.78, 5) is 182. The van der Waals surface area contributed by atoms with E-state index in [4.69, 9.17) is 15.2 Å². The van der Waals surface area contributed by atoms with Gasteiger partial charge in [0.15, 0.2) is 0 Å². The fourth-order valence-corrected chi connectivity index (χ4v) is 10.6. The first-order valence-electron chi connectivity index (χ1n) is 35.5. The van der Waals surface area contributed by atoms with Crippen molar-refractivity contribution in [1.82, 2.24) is 63.8 Å². The molecule has 35 heteroatoms. The van der Waals surface area contributed by atoms with E-state index >= 15 is 0 Å². The van der Waals surface area contributed by atoms with Crippen molar-refractivity contribution < 1.29 is 102 Å². The molecule has 0 aliphatic heterocycles. The second kappa shape index (κ2) is 48.0. The van der Waals surface area contributed by atoms with Crippen molar-refractivity contribution >= 4 is 95.4 Å². The lowest BCUT2D eigenvalue weighted by atomic mass is 10.0. The van der Waals surface area contributed by atoms with Crippen molar-refractivity contribution in [3.8, 4) is 35.2 Å². The van der Waals surface area contributed by atoms with Crippen LogP contribution in [0.5, 0.6) is 11.5 Å². The first kappa shape index (κ1) is 91.8. The topological polar surface area (TPSA) is 529 Å². The summed E-state index contributed by atoms with van der Waals surface area (Å²) < 4.78 is 10.8. The number of hydrogen-bond donors (Lipinski definition) is 19. The van der Waals surface area contributed by atoms with Gasteiger partial charge in [0.25, 0.3) is 11.8 Å². The number of carbonyl (C=O) groups excluding carboxylic acids is 13. The number of carboxylic acid groups (broad SMARTS) is 1. The van der Waals surface area contributed by atoms with E-state index in [1.54, 1.807) is 26.0 Å². The van der Waals surface area contributed by atoms with Crippen LogP contribution < -0.4 is 69.5 Å². The number of carbonyl (C=O) groups is 14. The number of rotatable bonds is 44. The number of aliphatic hydroxyl groups excluding tert-OH is 2. The lowest BCUT2D eigenvalue weighted by Gasteiger charge is -2.27. The Balaban J connectivity index is 1.29. The summed E-state index contributed by atoms with van der Waals surface area (Å²) in [5.41, 5.74) is 7.70. The maximum Gasteiger partial charge on any atom is 0.303 e. The number of hydrogen-bond acceptors (Lipinski definition) is 21. The summed E-state index contributed by atoms with van der Waals surface area (Å²) in [6, 6.07) is 12.7. The predicted octanol–water partition coefficient (Wildman–Crippen LogP) is -2.26. The highest BCUT2D eigenvalue weighted by molar-refractivity contribution is 7.80. The summed E-state index contributed by atoms with van der Waals surface area (Å²) in [6.07, 6.45) is -4.18. The molecule has 4 rings (SSSR count). The number of nitrogens with one attached hydrogen (secondary N) is 12. The van der Waals surface area contributed by atoms with Gasteiger partial charge in [0, 0.05) is 60.7 Å².